The number of aliphatic hydroxyl groups excluding tert-OH is 1. The van der Waals surface area contributed by atoms with Gasteiger partial charge < -0.3 is 5.11 Å². The second-order valence-electron chi connectivity index (χ2n) is 3.78. The molecule has 1 N–H and O–H groups in total. The minimum atomic E-state index is -0.451. The normalized spacial score (nSPS) is 12.9. The van der Waals surface area contributed by atoms with Crippen LogP contribution in [-0.4, -0.2) is 14.9 Å². The molecule has 2 aromatic rings. The van der Waals surface area contributed by atoms with Gasteiger partial charge >= 0.3 is 0 Å². The summed E-state index contributed by atoms with van der Waals surface area (Å²) in [7, 11) is 0. The Morgan fingerprint density at radius 3 is 3.06 bits per heavy atom. The van der Waals surface area contributed by atoms with Crippen LogP contribution in [0.25, 0.3) is 0 Å². The topological polar surface area (TPSA) is 38.0 Å². The maximum atomic E-state index is 10.1. The van der Waals surface area contributed by atoms with E-state index in [1.165, 1.54) is 4.88 Å². The number of nitrogens with zero attached hydrogens (tertiary/aromatic N) is 2. The monoisotopic (exact) mass is 236 g/mol. The number of thiophene rings is 1. The molecule has 0 saturated heterocycles. The Labute approximate surface area is 99.4 Å². The van der Waals surface area contributed by atoms with Crippen molar-refractivity contribution in [3.63, 3.8) is 0 Å². The fraction of sp³-hybridized carbons (Fsp3) is 0.417. The summed E-state index contributed by atoms with van der Waals surface area (Å²) in [6.07, 6.45) is 3.00. The summed E-state index contributed by atoms with van der Waals surface area (Å²) in [6, 6.07) is 5.96. The van der Waals surface area contributed by atoms with E-state index in [9.17, 15) is 5.11 Å². The molecule has 0 spiro atoms. The van der Waals surface area contributed by atoms with Crippen molar-refractivity contribution in [1.82, 2.24) is 9.78 Å². The van der Waals surface area contributed by atoms with Crippen LogP contribution in [0.15, 0.2) is 29.8 Å². The quantitative estimate of drug-likeness (QED) is 0.866. The fourth-order valence-electron chi connectivity index (χ4n) is 1.75. The van der Waals surface area contributed by atoms with Gasteiger partial charge in [0.15, 0.2) is 0 Å². The second-order valence-corrected chi connectivity index (χ2v) is 4.81. The van der Waals surface area contributed by atoms with Crippen LogP contribution in [0, 0.1) is 0 Å². The Hall–Kier alpha value is -1.13. The minimum absolute atomic E-state index is 0.451. The largest absolute Gasteiger partial charge is 0.386 e. The Morgan fingerprint density at radius 1 is 1.50 bits per heavy atom. The highest BCUT2D eigenvalue weighted by atomic mass is 32.1. The number of aromatic nitrogens is 2. The molecule has 16 heavy (non-hydrogen) atoms. The van der Waals surface area contributed by atoms with Crippen molar-refractivity contribution in [1.29, 1.82) is 0 Å². The molecular weight excluding hydrogens is 220 g/mol. The van der Waals surface area contributed by atoms with Gasteiger partial charge in [-0.15, -0.1) is 11.3 Å². The zero-order valence-corrected chi connectivity index (χ0v) is 10.2. The Bertz CT molecular complexity index is 422. The molecule has 2 aromatic heterocycles. The summed E-state index contributed by atoms with van der Waals surface area (Å²) in [5.41, 5.74) is 0.912. The standard InChI is InChI=1S/C12H16N2OS/c1-2-7-14-11(5-6-13-14)12(15)9-10-4-3-8-16-10/h3-6,8,12,15H,2,7,9H2,1H3. The molecule has 0 aliphatic heterocycles. The lowest BCUT2D eigenvalue weighted by molar-refractivity contribution is 0.167. The van der Waals surface area contributed by atoms with E-state index in [1.807, 2.05) is 22.2 Å². The highest BCUT2D eigenvalue weighted by Crippen LogP contribution is 2.20. The van der Waals surface area contributed by atoms with Crippen molar-refractivity contribution in [2.75, 3.05) is 0 Å². The average molecular weight is 236 g/mol. The van der Waals surface area contributed by atoms with Crippen molar-refractivity contribution in [3.8, 4) is 0 Å². The number of rotatable bonds is 5. The van der Waals surface area contributed by atoms with Crippen molar-refractivity contribution < 1.29 is 5.11 Å². The van der Waals surface area contributed by atoms with Crippen LogP contribution in [0.5, 0.6) is 0 Å². The van der Waals surface area contributed by atoms with Crippen LogP contribution in [0.1, 0.15) is 30.0 Å². The van der Waals surface area contributed by atoms with E-state index in [4.69, 9.17) is 0 Å². The molecule has 0 amide bonds. The summed E-state index contributed by atoms with van der Waals surface area (Å²) < 4.78 is 1.89. The molecular formula is C12H16N2OS. The van der Waals surface area contributed by atoms with Crippen molar-refractivity contribution in [3.05, 3.63) is 40.3 Å². The van der Waals surface area contributed by atoms with Gasteiger partial charge in [-0.05, 0) is 23.9 Å². The SMILES string of the molecule is CCCn1nccc1C(O)Cc1cccs1. The molecule has 0 fully saturated rings. The summed E-state index contributed by atoms with van der Waals surface area (Å²) in [4.78, 5) is 1.21. The first-order chi connectivity index (χ1) is 7.81. The lowest BCUT2D eigenvalue weighted by Gasteiger charge is -2.11. The molecule has 1 unspecified atom stereocenters. The minimum Gasteiger partial charge on any atom is -0.386 e. The van der Waals surface area contributed by atoms with Gasteiger partial charge in [0, 0.05) is 24.0 Å². The fourth-order valence-corrected chi connectivity index (χ4v) is 2.49. The molecule has 86 valence electrons. The molecule has 2 heterocycles. The van der Waals surface area contributed by atoms with Crippen LogP contribution in [-0.2, 0) is 13.0 Å². The highest BCUT2D eigenvalue weighted by Gasteiger charge is 2.13. The van der Waals surface area contributed by atoms with Crippen LogP contribution < -0.4 is 0 Å². The summed E-state index contributed by atoms with van der Waals surface area (Å²) in [5, 5.41) is 16.4. The lowest BCUT2D eigenvalue weighted by atomic mass is 10.1. The van der Waals surface area contributed by atoms with Gasteiger partial charge in [-0.25, -0.2) is 0 Å². The van der Waals surface area contributed by atoms with Crippen LogP contribution in [0.4, 0.5) is 0 Å². The smallest absolute Gasteiger partial charge is 0.100 e. The molecule has 0 aliphatic carbocycles. The number of aliphatic hydroxyl groups is 1. The maximum Gasteiger partial charge on any atom is 0.100 e. The van der Waals surface area contributed by atoms with Gasteiger partial charge in [-0.2, -0.15) is 5.10 Å². The molecule has 3 nitrogen and oxygen atoms in total. The zero-order valence-electron chi connectivity index (χ0n) is 9.34. The third-order valence-corrected chi connectivity index (χ3v) is 3.40. The predicted octanol–water partition coefficient (Wildman–Crippen LogP) is 2.63. The van der Waals surface area contributed by atoms with Gasteiger partial charge in [-0.1, -0.05) is 13.0 Å². The molecule has 0 bridgehead atoms. The molecule has 4 heteroatoms. The van der Waals surface area contributed by atoms with Gasteiger partial charge in [0.25, 0.3) is 0 Å². The van der Waals surface area contributed by atoms with E-state index in [2.05, 4.69) is 18.1 Å². The lowest BCUT2D eigenvalue weighted by Crippen LogP contribution is -2.10. The summed E-state index contributed by atoms with van der Waals surface area (Å²) in [5.74, 6) is 0. The van der Waals surface area contributed by atoms with E-state index >= 15 is 0 Å². The molecule has 0 saturated carbocycles. The predicted molar refractivity (Wildman–Crippen MR) is 65.5 cm³/mol. The number of hydrogen-bond donors (Lipinski definition) is 1. The first kappa shape index (κ1) is 11.4. The molecule has 1 atom stereocenters. The van der Waals surface area contributed by atoms with Crippen molar-refractivity contribution >= 4 is 11.3 Å². The number of hydrogen-bond acceptors (Lipinski definition) is 3. The van der Waals surface area contributed by atoms with Crippen LogP contribution >= 0.6 is 11.3 Å². The van der Waals surface area contributed by atoms with Crippen molar-refractivity contribution in [2.45, 2.75) is 32.4 Å². The van der Waals surface area contributed by atoms with Gasteiger partial charge in [0.05, 0.1) is 5.69 Å². The van der Waals surface area contributed by atoms with Crippen molar-refractivity contribution in [2.24, 2.45) is 0 Å². The maximum absolute atomic E-state index is 10.1. The molecule has 0 aromatic carbocycles. The van der Waals surface area contributed by atoms with E-state index in [1.54, 1.807) is 17.5 Å². The zero-order chi connectivity index (χ0) is 11.4. The molecule has 0 radical (unpaired) electrons. The highest BCUT2D eigenvalue weighted by molar-refractivity contribution is 7.09. The first-order valence-electron chi connectivity index (χ1n) is 5.53. The average Bonchev–Trinajstić information content (AvgIpc) is 2.89. The van der Waals surface area contributed by atoms with E-state index < -0.39 is 6.10 Å². The Balaban J connectivity index is 2.08. The first-order valence-corrected chi connectivity index (χ1v) is 6.41. The number of aryl methyl sites for hydroxylation is 1. The summed E-state index contributed by atoms with van der Waals surface area (Å²) in [6.45, 7) is 2.97. The third kappa shape index (κ3) is 2.51. The van der Waals surface area contributed by atoms with Gasteiger partial charge in [0.2, 0.25) is 0 Å². The van der Waals surface area contributed by atoms with E-state index in [-0.39, 0.29) is 0 Å². The second kappa shape index (κ2) is 5.27. The summed E-state index contributed by atoms with van der Waals surface area (Å²) >= 11 is 1.68. The molecule has 0 aliphatic rings. The van der Waals surface area contributed by atoms with E-state index in [0.29, 0.717) is 6.42 Å². The van der Waals surface area contributed by atoms with Gasteiger partial charge in [-0.3, -0.25) is 4.68 Å². The third-order valence-electron chi connectivity index (χ3n) is 2.50. The van der Waals surface area contributed by atoms with Gasteiger partial charge in [0.1, 0.15) is 6.10 Å². The van der Waals surface area contributed by atoms with E-state index in [0.717, 1.165) is 18.7 Å². The van der Waals surface area contributed by atoms with Crippen LogP contribution in [0.3, 0.4) is 0 Å². The molecule has 2 rings (SSSR count). The Kier molecular flexibility index (Phi) is 3.74. The van der Waals surface area contributed by atoms with Crippen LogP contribution in [0.2, 0.25) is 0 Å². The Morgan fingerprint density at radius 2 is 2.38 bits per heavy atom.